The van der Waals surface area contributed by atoms with Gasteiger partial charge in [0.15, 0.2) is 0 Å². The lowest BCUT2D eigenvalue weighted by Gasteiger charge is -2.17. The number of halogens is 2. The predicted molar refractivity (Wildman–Crippen MR) is 77.1 cm³/mol. The van der Waals surface area contributed by atoms with Gasteiger partial charge in [0, 0.05) is 10.0 Å². The van der Waals surface area contributed by atoms with E-state index >= 15 is 0 Å². The number of amides is 1. The van der Waals surface area contributed by atoms with Crippen molar-refractivity contribution in [1.82, 2.24) is 5.43 Å². The van der Waals surface area contributed by atoms with E-state index in [1.54, 1.807) is 18.2 Å². The van der Waals surface area contributed by atoms with Crippen molar-refractivity contribution in [2.45, 2.75) is 5.92 Å². The third-order valence-electron chi connectivity index (χ3n) is 2.81. The maximum absolute atomic E-state index is 12.0. The van der Waals surface area contributed by atoms with E-state index in [0.29, 0.717) is 15.6 Å². The summed E-state index contributed by atoms with van der Waals surface area (Å²) < 4.78 is 0. The van der Waals surface area contributed by atoms with E-state index in [4.69, 9.17) is 29.0 Å². The van der Waals surface area contributed by atoms with Crippen LogP contribution in [0.15, 0.2) is 48.5 Å². The van der Waals surface area contributed by atoms with Crippen molar-refractivity contribution in [3.63, 3.8) is 0 Å². The Hall–Kier alpha value is -1.55. The van der Waals surface area contributed by atoms with E-state index in [2.05, 4.69) is 5.43 Å². The SMILES string of the molecule is NNC(=O)C(c1ccccc1)c1ccc(Cl)cc1Cl. The predicted octanol–water partition coefficient (Wildman–Crippen LogP) is 3.12. The average Bonchev–Trinajstić information content (AvgIpc) is 2.42. The molecule has 0 radical (unpaired) electrons. The molecule has 0 aliphatic heterocycles. The van der Waals surface area contributed by atoms with Crippen LogP contribution in [0.3, 0.4) is 0 Å². The van der Waals surface area contributed by atoms with Crippen molar-refractivity contribution in [2.24, 2.45) is 5.84 Å². The van der Waals surface area contributed by atoms with Crippen molar-refractivity contribution in [3.05, 3.63) is 69.7 Å². The van der Waals surface area contributed by atoms with E-state index in [-0.39, 0.29) is 5.91 Å². The van der Waals surface area contributed by atoms with Gasteiger partial charge in [0.1, 0.15) is 0 Å². The molecule has 1 atom stereocenters. The molecule has 0 aromatic heterocycles. The van der Waals surface area contributed by atoms with Crippen molar-refractivity contribution in [3.8, 4) is 0 Å². The lowest BCUT2D eigenvalue weighted by Crippen LogP contribution is -2.35. The molecule has 0 saturated carbocycles. The molecule has 98 valence electrons. The molecule has 0 aliphatic rings. The molecule has 0 spiro atoms. The van der Waals surface area contributed by atoms with Gasteiger partial charge in [0.05, 0.1) is 5.92 Å². The minimum absolute atomic E-state index is 0.324. The maximum Gasteiger partial charge on any atom is 0.245 e. The molecule has 3 nitrogen and oxygen atoms in total. The fraction of sp³-hybridized carbons (Fsp3) is 0.0714. The Morgan fingerprint density at radius 3 is 2.37 bits per heavy atom. The first-order valence-electron chi connectivity index (χ1n) is 5.64. The molecule has 2 aromatic carbocycles. The van der Waals surface area contributed by atoms with Crippen LogP contribution in [0.2, 0.25) is 10.0 Å². The fourth-order valence-corrected chi connectivity index (χ4v) is 2.45. The van der Waals surface area contributed by atoms with Crippen LogP contribution >= 0.6 is 23.2 Å². The summed E-state index contributed by atoms with van der Waals surface area (Å²) in [6, 6.07) is 14.3. The Morgan fingerprint density at radius 2 is 1.79 bits per heavy atom. The Morgan fingerprint density at radius 1 is 1.11 bits per heavy atom. The molecular weight excluding hydrogens is 283 g/mol. The second kappa shape index (κ2) is 6.06. The molecule has 1 amide bonds. The molecule has 0 saturated heterocycles. The molecule has 0 bridgehead atoms. The van der Waals surface area contributed by atoms with Gasteiger partial charge in [-0.1, -0.05) is 59.6 Å². The molecular formula is C14H12Cl2N2O. The lowest BCUT2D eigenvalue weighted by molar-refractivity contribution is -0.121. The minimum atomic E-state index is -0.559. The maximum atomic E-state index is 12.0. The van der Waals surface area contributed by atoms with Crippen molar-refractivity contribution in [2.75, 3.05) is 0 Å². The number of hydrogen-bond donors (Lipinski definition) is 2. The van der Waals surface area contributed by atoms with Crippen LogP contribution < -0.4 is 11.3 Å². The van der Waals surface area contributed by atoms with Gasteiger partial charge < -0.3 is 0 Å². The summed E-state index contributed by atoms with van der Waals surface area (Å²) in [5, 5.41) is 0.957. The molecule has 2 rings (SSSR count). The highest BCUT2D eigenvalue weighted by Crippen LogP contribution is 2.32. The quantitative estimate of drug-likeness (QED) is 0.519. The highest BCUT2D eigenvalue weighted by molar-refractivity contribution is 6.35. The second-order valence-electron chi connectivity index (χ2n) is 4.02. The van der Waals surface area contributed by atoms with Gasteiger partial charge in [0.2, 0.25) is 5.91 Å². The summed E-state index contributed by atoms with van der Waals surface area (Å²) >= 11 is 12.0. The van der Waals surface area contributed by atoms with E-state index in [1.165, 1.54) is 0 Å². The zero-order chi connectivity index (χ0) is 13.8. The average molecular weight is 295 g/mol. The van der Waals surface area contributed by atoms with E-state index < -0.39 is 5.92 Å². The zero-order valence-corrected chi connectivity index (χ0v) is 11.4. The monoisotopic (exact) mass is 294 g/mol. The normalized spacial score (nSPS) is 11.9. The molecule has 19 heavy (non-hydrogen) atoms. The van der Waals surface area contributed by atoms with Crippen molar-refractivity contribution < 1.29 is 4.79 Å². The van der Waals surface area contributed by atoms with Gasteiger partial charge >= 0.3 is 0 Å². The van der Waals surface area contributed by atoms with E-state index in [9.17, 15) is 4.79 Å². The molecule has 2 aromatic rings. The largest absolute Gasteiger partial charge is 0.293 e. The molecule has 3 N–H and O–H groups in total. The summed E-state index contributed by atoms with van der Waals surface area (Å²) in [5.74, 6) is 4.38. The molecule has 0 fully saturated rings. The molecule has 5 heteroatoms. The number of hydrazine groups is 1. The van der Waals surface area contributed by atoms with Crippen molar-refractivity contribution >= 4 is 29.1 Å². The van der Waals surface area contributed by atoms with Gasteiger partial charge in [-0.15, -0.1) is 0 Å². The summed E-state index contributed by atoms with van der Waals surface area (Å²) in [4.78, 5) is 12.0. The lowest BCUT2D eigenvalue weighted by atomic mass is 9.90. The number of hydrogen-bond acceptors (Lipinski definition) is 2. The van der Waals surface area contributed by atoms with Crippen LogP contribution in [-0.4, -0.2) is 5.91 Å². The number of benzene rings is 2. The molecule has 0 aliphatic carbocycles. The second-order valence-corrected chi connectivity index (χ2v) is 4.86. The topological polar surface area (TPSA) is 55.1 Å². The summed E-state index contributed by atoms with van der Waals surface area (Å²) in [5.41, 5.74) is 3.65. The van der Waals surface area contributed by atoms with E-state index in [1.807, 2.05) is 30.3 Å². The van der Waals surface area contributed by atoms with Gasteiger partial charge in [-0.25, -0.2) is 5.84 Å². The van der Waals surface area contributed by atoms with Crippen LogP contribution in [0.4, 0.5) is 0 Å². The van der Waals surface area contributed by atoms with Crippen LogP contribution in [0, 0.1) is 0 Å². The fourth-order valence-electron chi connectivity index (χ4n) is 1.94. The first kappa shape index (κ1) is 13.9. The Labute approximate surface area is 121 Å². The first-order chi connectivity index (χ1) is 9.13. The molecule has 0 heterocycles. The number of carbonyl (C=O) groups is 1. The number of carbonyl (C=O) groups excluding carboxylic acids is 1. The highest BCUT2D eigenvalue weighted by Gasteiger charge is 2.24. The van der Waals surface area contributed by atoms with Crippen molar-refractivity contribution in [1.29, 1.82) is 0 Å². The third kappa shape index (κ3) is 3.07. The van der Waals surface area contributed by atoms with Crippen LogP contribution in [-0.2, 0) is 4.79 Å². The Bertz CT molecular complexity index is 587. The summed E-state index contributed by atoms with van der Waals surface area (Å²) in [6.07, 6.45) is 0. The molecule has 1 unspecified atom stereocenters. The summed E-state index contributed by atoms with van der Waals surface area (Å²) in [6.45, 7) is 0. The van der Waals surface area contributed by atoms with Gasteiger partial charge in [-0.05, 0) is 23.3 Å². The van der Waals surface area contributed by atoms with Crippen LogP contribution in [0.5, 0.6) is 0 Å². The Kier molecular flexibility index (Phi) is 4.43. The number of nitrogens with two attached hydrogens (primary N) is 1. The smallest absolute Gasteiger partial charge is 0.245 e. The first-order valence-corrected chi connectivity index (χ1v) is 6.39. The highest BCUT2D eigenvalue weighted by atomic mass is 35.5. The number of nitrogens with one attached hydrogen (secondary N) is 1. The van der Waals surface area contributed by atoms with Gasteiger partial charge in [-0.3, -0.25) is 10.2 Å². The number of rotatable bonds is 3. The van der Waals surface area contributed by atoms with Crippen LogP contribution in [0.25, 0.3) is 0 Å². The standard InChI is InChI=1S/C14H12Cl2N2O/c15-10-6-7-11(12(16)8-10)13(14(19)18-17)9-4-2-1-3-5-9/h1-8,13H,17H2,(H,18,19). The van der Waals surface area contributed by atoms with Gasteiger partial charge in [-0.2, -0.15) is 0 Å². The van der Waals surface area contributed by atoms with E-state index in [0.717, 1.165) is 5.56 Å². The zero-order valence-electron chi connectivity index (χ0n) is 9.94. The van der Waals surface area contributed by atoms with Gasteiger partial charge in [0.25, 0.3) is 0 Å². The van der Waals surface area contributed by atoms with Crippen LogP contribution in [0.1, 0.15) is 17.0 Å². The third-order valence-corrected chi connectivity index (χ3v) is 3.37. The summed E-state index contributed by atoms with van der Waals surface area (Å²) in [7, 11) is 0. The Balaban J connectivity index is 2.52. The minimum Gasteiger partial charge on any atom is -0.293 e.